The van der Waals surface area contributed by atoms with Crippen molar-refractivity contribution in [1.82, 2.24) is 4.90 Å². The number of hydrogen-bond acceptors (Lipinski definition) is 7. The summed E-state index contributed by atoms with van der Waals surface area (Å²) in [7, 11) is -3.39. The number of hydrogen-bond donors (Lipinski definition) is 0. The van der Waals surface area contributed by atoms with Crippen molar-refractivity contribution in [3.63, 3.8) is 0 Å². The number of benzene rings is 2. The van der Waals surface area contributed by atoms with Crippen LogP contribution in [0.4, 0.5) is 0 Å². The van der Waals surface area contributed by atoms with Crippen LogP contribution in [0.25, 0.3) is 11.1 Å². The number of carbonyl (C=O) groups is 2. The van der Waals surface area contributed by atoms with Crippen molar-refractivity contribution >= 4 is 33.2 Å². The lowest BCUT2D eigenvalue weighted by atomic mass is 9.81. The molecule has 2 saturated heterocycles. The molecule has 35 heavy (non-hydrogen) atoms. The third-order valence-electron chi connectivity index (χ3n) is 6.78. The minimum Gasteiger partial charge on any atom is -0.449 e. The highest BCUT2D eigenvalue weighted by atomic mass is 35.5. The Kier molecular flexibility index (Phi) is 7.05. The van der Waals surface area contributed by atoms with Crippen LogP contribution in [0.5, 0.6) is 0 Å². The summed E-state index contributed by atoms with van der Waals surface area (Å²) in [6.07, 6.45) is 3.50. The van der Waals surface area contributed by atoms with Gasteiger partial charge in [0.1, 0.15) is 5.92 Å². The summed E-state index contributed by atoms with van der Waals surface area (Å²) >= 11 is 6.60. The topological polar surface area (TPSA) is 105 Å². The Hall–Kier alpha value is -2.73. The molecule has 184 valence electrons. The number of nitriles is 1. The zero-order valence-electron chi connectivity index (χ0n) is 19.7. The zero-order chi connectivity index (χ0) is 25.4. The number of likely N-dealkylation sites (tertiary alicyclic amines) is 1. The number of carbonyl (C=O) groups excluding carboxylic acids is 2. The molecule has 2 aliphatic heterocycles. The summed E-state index contributed by atoms with van der Waals surface area (Å²) < 4.78 is 29.7. The predicted molar refractivity (Wildman–Crippen MR) is 132 cm³/mol. The zero-order valence-corrected chi connectivity index (χ0v) is 21.3. The highest BCUT2D eigenvalue weighted by molar-refractivity contribution is 7.90. The van der Waals surface area contributed by atoms with Crippen molar-refractivity contribution in [2.75, 3.05) is 25.9 Å². The Bertz CT molecular complexity index is 1330. The maximum absolute atomic E-state index is 13.6. The maximum atomic E-state index is 13.6. The molecule has 0 N–H and O–H groups in total. The van der Waals surface area contributed by atoms with Gasteiger partial charge in [0.2, 0.25) is 0 Å². The number of rotatable bonds is 6. The quantitative estimate of drug-likeness (QED) is 0.325. The van der Waals surface area contributed by atoms with Gasteiger partial charge in [-0.3, -0.25) is 14.5 Å². The Morgan fingerprint density at radius 2 is 2.03 bits per heavy atom. The standard InChI is InChI=1S/C26H27ClN2O5S/c1-17-13-21(18-7-5-8-19(14-18)35(2,32)33)22(27)15-20(17)23-24(30)26(34-25(23)31)9-6-12-29(16-26)11-4-3-10-28/h5,7-8,13-15,23H,3-4,6,9,11-12,16H2,1-2H3. The number of aryl methyl sites for hydroxylation is 1. The van der Waals surface area contributed by atoms with Gasteiger partial charge < -0.3 is 4.74 Å². The Balaban J connectivity index is 1.64. The van der Waals surface area contributed by atoms with Gasteiger partial charge >= 0.3 is 5.97 Å². The number of piperidine rings is 1. The second kappa shape index (κ2) is 9.73. The molecule has 0 aromatic heterocycles. The van der Waals surface area contributed by atoms with Crippen LogP contribution in [0, 0.1) is 18.3 Å². The van der Waals surface area contributed by atoms with Crippen LogP contribution >= 0.6 is 11.6 Å². The molecule has 0 radical (unpaired) electrons. The fraction of sp³-hybridized carbons (Fsp3) is 0.423. The van der Waals surface area contributed by atoms with Crippen molar-refractivity contribution in [3.8, 4) is 17.2 Å². The lowest BCUT2D eigenvalue weighted by Crippen LogP contribution is -2.52. The van der Waals surface area contributed by atoms with Crippen LogP contribution in [0.1, 0.15) is 42.7 Å². The van der Waals surface area contributed by atoms with Gasteiger partial charge in [-0.15, -0.1) is 0 Å². The second-order valence-corrected chi connectivity index (χ2v) is 11.8. The summed E-state index contributed by atoms with van der Waals surface area (Å²) in [5.41, 5.74) is 1.28. The van der Waals surface area contributed by atoms with Gasteiger partial charge in [0, 0.05) is 29.8 Å². The second-order valence-electron chi connectivity index (χ2n) is 9.34. The third-order valence-corrected chi connectivity index (χ3v) is 8.20. The largest absolute Gasteiger partial charge is 0.449 e. The number of esters is 1. The monoisotopic (exact) mass is 514 g/mol. The fourth-order valence-electron chi connectivity index (χ4n) is 5.03. The first kappa shape index (κ1) is 25.4. The first-order valence-electron chi connectivity index (χ1n) is 11.5. The van der Waals surface area contributed by atoms with E-state index in [0.717, 1.165) is 19.2 Å². The van der Waals surface area contributed by atoms with Gasteiger partial charge in [-0.05, 0) is 80.2 Å². The van der Waals surface area contributed by atoms with Crippen LogP contribution in [0.3, 0.4) is 0 Å². The van der Waals surface area contributed by atoms with Gasteiger partial charge in [-0.2, -0.15) is 5.26 Å². The smallest absolute Gasteiger partial charge is 0.322 e. The van der Waals surface area contributed by atoms with Gasteiger partial charge in [0.25, 0.3) is 0 Å². The van der Waals surface area contributed by atoms with Crippen molar-refractivity contribution in [3.05, 3.63) is 52.5 Å². The molecule has 4 rings (SSSR count). The van der Waals surface area contributed by atoms with E-state index in [-0.39, 0.29) is 10.7 Å². The van der Waals surface area contributed by atoms with E-state index >= 15 is 0 Å². The number of Topliss-reactive ketones (excluding diaryl/α,β-unsaturated/α-hetero) is 1. The molecule has 1 spiro atoms. The predicted octanol–water partition coefficient (Wildman–Crippen LogP) is 4.07. The maximum Gasteiger partial charge on any atom is 0.322 e. The third kappa shape index (κ3) is 4.99. The highest BCUT2D eigenvalue weighted by Crippen LogP contribution is 2.43. The molecule has 2 heterocycles. The Morgan fingerprint density at radius 1 is 1.26 bits per heavy atom. The van der Waals surface area contributed by atoms with E-state index in [0.29, 0.717) is 59.6 Å². The van der Waals surface area contributed by atoms with E-state index in [1.165, 1.54) is 6.07 Å². The molecule has 2 unspecified atom stereocenters. The molecular weight excluding hydrogens is 488 g/mol. The average Bonchev–Trinajstić information content (AvgIpc) is 3.03. The lowest BCUT2D eigenvalue weighted by molar-refractivity contribution is -0.157. The fourth-order valence-corrected chi connectivity index (χ4v) is 5.98. The van der Waals surface area contributed by atoms with Gasteiger partial charge in [-0.25, -0.2) is 8.42 Å². The SMILES string of the molecule is Cc1cc(-c2cccc(S(C)(=O)=O)c2)c(Cl)cc1C1C(=O)OC2(CCCN(CCCC#N)C2)C1=O. The number of sulfone groups is 1. The normalized spacial score (nSPS) is 22.9. The number of unbranched alkanes of at least 4 members (excludes halogenated alkanes) is 1. The van der Waals surface area contributed by atoms with Gasteiger partial charge in [-0.1, -0.05) is 23.7 Å². The molecule has 2 atom stereocenters. The average molecular weight is 515 g/mol. The summed E-state index contributed by atoms with van der Waals surface area (Å²) in [4.78, 5) is 28.9. The van der Waals surface area contributed by atoms with Gasteiger partial charge in [0.05, 0.1) is 11.0 Å². The van der Waals surface area contributed by atoms with Crippen molar-refractivity contribution in [2.45, 2.75) is 49.0 Å². The summed E-state index contributed by atoms with van der Waals surface area (Å²) in [6, 6.07) is 12.0. The van der Waals surface area contributed by atoms with Crippen LogP contribution in [-0.4, -0.2) is 56.6 Å². The first-order valence-corrected chi connectivity index (χ1v) is 13.8. The van der Waals surface area contributed by atoms with Crippen molar-refractivity contribution in [1.29, 1.82) is 5.26 Å². The molecule has 0 amide bonds. The number of ketones is 1. The molecule has 0 aliphatic carbocycles. The minimum atomic E-state index is -3.39. The Morgan fingerprint density at radius 3 is 2.74 bits per heavy atom. The molecule has 2 aliphatic rings. The van der Waals surface area contributed by atoms with Crippen LogP contribution < -0.4 is 0 Å². The molecule has 2 fully saturated rings. The van der Waals surface area contributed by atoms with E-state index in [4.69, 9.17) is 21.6 Å². The summed E-state index contributed by atoms with van der Waals surface area (Å²) in [6.45, 7) is 3.62. The van der Waals surface area contributed by atoms with Gasteiger partial charge in [0.15, 0.2) is 21.2 Å². The molecular formula is C26H27ClN2O5S. The molecule has 7 nitrogen and oxygen atoms in total. The number of nitrogens with zero attached hydrogens (tertiary/aromatic N) is 2. The van der Waals surface area contributed by atoms with E-state index < -0.39 is 27.3 Å². The molecule has 9 heteroatoms. The first-order chi connectivity index (χ1) is 16.6. The minimum absolute atomic E-state index is 0.181. The van der Waals surface area contributed by atoms with E-state index in [1.54, 1.807) is 37.3 Å². The molecule has 0 bridgehead atoms. The van der Waals surface area contributed by atoms with Crippen molar-refractivity contribution in [2.24, 2.45) is 0 Å². The number of ether oxygens (including phenoxy) is 1. The lowest BCUT2D eigenvalue weighted by Gasteiger charge is -2.37. The summed E-state index contributed by atoms with van der Waals surface area (Å²) in [5.74, 6) is -1.87. The van der Waals surface area contributed by atoms with Crippen LogP contribution in [0.2, 0.25) is 5.02 Å². The highest BCUT2D eigenvalue weighted by Gasteiger charge is 2.57. The van der Waals surface area contributed by atoms with Crippen LogP contribution in [0.15, 0.2) is 41.3 Å². The van der Waals surface area contributed by atoms with Crippen LogP contribution in [-0.2, 0) is 24.2 Å². The molecule has 2 aromatic carbocycles. The molecule has 2 aromatic rings. The Labute approximate surface area is 210 Å². The summed E-state index contributed by atoms with van der Waals surface area (Å²) in [5, 5.41) is 9.12. The van der Waals surface area contributed by atoms with Crippen molar-refractivity contribution < 1.29 is 22.7 Å². The molecule has 0 saturated carbocycles. The van der Waals surface area contributed by atoms with E-state index in [9.17, 15) is 18.0 Å². The number of halogens is 1. The van der Waals surface area contributed by atoms with E-state index in [1.807, 2.05) is 0 Å². The van der Waals surface area contributed by atoms with E-state index in [2.05, 4.69) is 11.0 Å².